The second kappa shape index (κ2) is 9.26. The zero-order valence-corrected chi connectivity index (χ0v) is 20.6. The van der Waals surface area contributed by atoms with Crippen LogP contribution in [0.1, 0.15) is 11.1 Å². The smallest absolute Gasteiger partial charge is 0.234 e. The largest absolute Gasteiger partial charge is 0.497 e. The van der Waals surface area contributed by atoms with Crippen LogP contribution in [-0.4, -0.2) is 63.1 Å². The van der Waals surface area contributed by atoms with Crippen molar-refractivity contribution in [1.29, 1.82) is 0 Å². The molecule has 0 spiro atoms. The Kier molecular flexibility index (Phi) is 6.58. The first-order valence-corrected chi connectivity index (χ1v) is 13.3. The monoisotopic (exact) mass is 489 g/mol. The number of hydrogen-bond donors (Lipinski definition) is 1. The Morgan fingerprint density at radius 3 is 2.67 bits per heavy atom. The van der Waals surface area contributed by atoms with Crippen molar-refractivity contribution in [3.05, 3.63) is 47.5 Å². The zero-order chi connectivity index (χ0) is 23.8. The van der Waals surface area contributed by atoms with E-state index in [-0.39, 0.29) is 35.2 Å². The molecule has 0 aromatic heterocycles. The highest BCUT2D eigenvalue weighted by molar-refractivity contribution is 8.14. The third-order valence-electron chi connectivity index (χ3n) is 5.75. The lowest BCUT2D eigenvalue weighted by Crippen LogP contribution is -2.39. The number of aliphatic imine (C=N–C) groups is 1. The second-order valence-electron chi connectivity index (χ2n) is 8.19. The van der Waals surface area contributed by atoms with Gasteiger partial charge in [0.15, 0.2) is 15.0 Å². The number of sulfone groups is 1. The summed E-state index contributed by atoms with van der Waals surface area (Å²) >= 11 is 1.29. The van der Waals surface area contributed by atoms with E-state index in [9.17, 15) is 13.2 Å². The van der Waals surface area contributed by atoms with Gasteiger partial charge in [0.25, 0.3) is 0 Å². The van der Waals surface area contributed by atoms with E-state index < -0.39 is 9.84 Å². The molecule has 0 aliphatic carbocycles. The Hall–Kier alpha value is -2.72. The standard InChI is InChI=1S/C23H27N3O5S2/c1-14-5-6-15(2)17(9-14)24-22(27)11-32-23-25-18-12-33(28,29)13-20(18)26(23)19-10-16(30-3)7-8-21(19)31-4/h5-10,18,20H,11-13H2,1-4H3,(H,24,27)/t18-,20+/m0/s1. The van der Waals surface area contributed by atoms with Gasteiger partial charge in [-0.05, 0) is 43.2 Å². The summed E-state index contributed by atoms with van der Waals surface area (Å²) in [4.78, 5) is 19.3. The van der Waals surface area contributed by atoms with Crippen molar-refractivity contribution in [2.45, 2.75) is 25.9 Å². The van der Waals surface area contributed by atoms with E-state index in [1.807, 2.05) is 36.9 Å². The molecule has 10 heteroatoms. The van der Waals surface area contributed by atoms with Gasteiger partial charge in [0.05, 0.1) is 49.2 Å². The molecule has 2 aliphatic rings. The SMILES string of the molecule is COc1ccc(OC)c(N2C(SCC(=O)Nc3cc(C)ccc3C)=N[C@H]3CS(=O)(=O)C[C@H]32)c1. The number of rotatable bonds is 6. The van der Waals surface area contributed by atoms with Crippen molar-refractivity contribution >= 4 is 44.0 Å². The fourth-order valence-electron chi connectivity index (χ4n) is 4.09. The van der Waals surface area contributed by atoms with Crippen LogP contribution in [0, 0.1) is 13.8 Å². The summed E-state index contributed by atoms with van der Waals surface area (Å²) in [5, 5.41) is 3.56. The van der Waals surface area contributed by atoms with E-state index in [1.165, 1.54) is 11.8 Å². The van der Waals surface area contributed by atoms with E-state index in [0.717, 1.165) is 16.8 Å². The summed E-state index contributed by atoms with van der Waals surface area (Å²) < 4.78 is 35.5. The Morgan fingerprint density at radius 1 is 1.15 bits per heavy atom. The van der Waals surface area contributed by atoms with Crippen LogP contribution in [0.4, 0.5) is 11.4 Å². The molecule has 1 amide bonds. The minimum atomic E-state index is -3.20. The summed E-state index contributed by atoms with van der Waals surface area (Å²) in [5.74, 6) is 1.18. The van der Waals surface area contributed by atoms with Crippen LogP contribution in [0.15, 0.2) is 41.4 Å². The number of amides is 1. The first-order valence-electron chi connectivity index (χ1n) is 10.5. The van der Waals surface area contributed by atoms with Crippen molar-refractivity contribution in [2.75, 3.05) is 41.7 Å². The molecule has 2 aromatic rings. The average Bonchev–Trinajstić information content (AvgIpc) is 3.25. The summed E-state index contributed by atoms with van der Waals surface area (Å²) in [5.41, 5.74) is 3.50. The van der Waals surface area contributed by atoms with Gasteiger partial charge >= 0.3 is 0 Å². The summed E-state index contributed by atoms with van der Waals surface area (Å²) in [6, 6.07) is 10.5. The van der Waals surface area contributed by atoms with Gasteiger partial charge in [-0.25, -0.2) is 8.42 Å². The lowest BCUT2D eigenvalue weighted by Gasteiger charge is -2.28. The lowest BCUT2D eigenvalue weighted by atomic mass is 10.1. The zero-order valence-electron chi connectivity index (χ0n) is 19.0. The molecule has 176 valence electrons. The van der Waals surface area contributed by atoms with Crippen molar-refractivity contribution < 1.29 is 22.7 Å². The molecule has 2 heterocycles. The quantitative estimate of drug-likeness (QED) is 0.666. The number of carbonyl (C=O) groups excluding carboxylic acids is 1. The average molecular weight is 490 g/mol. The number of benzene rings is 2. The van der Waals surface area contributed by atoms with Gasteiger partial charge < -0.3 is 19.7 Å². The molecular weight excluding hydrogens is 462 g/mol. The highest BCUT2D eigenvalue weighted by Gasteiger charge is 2.48. The molecular formula is C23H27N3O5S2. The molecule has 0 bridgehead atoms. The number of ether oxygens (including phenoxy) is 2. The number of aryl methyl sites for hydroxylation is 2. The van der Waals surface area contributed by atoms with E-state index in [2.05, 4.69) is 5.32 Å². The Morgan fingerprint density at radius 2 is 1.94 bits per heavy atom. The van der Waals surface area contributed by atoms with Gasteiger partial charge in [0.1, 0.15) is 11.5 Å². The molecule has 0 saturated carbocycles. The van der Waals surface area contributed by atoms with Crippen molar-refractivity contribution in [2.24, 2.45) is 4.99 Å². The maximum atomic E-state index is 12.7. The van der Waals surface area contributed by atoms with Gasteiger partial charge in [-0.15, -0.1) is 0 Å². The van der Waals surface area contributed by atoms with Gasteiger partial charge in [0.2, 0.25) is 5.91 Å². The number of nitrogens with zero attached hydrogens (tertiary/aromatic N) is 2. The summed E-state index contributed by atoms with van der Waals surface area (Å²) in [6.45, 7) is 3.92. The van der Waals surface area contributed by atoms with Crippen LogP contribution in [-0.2, 0) is 14.6 Å². The maximum Gasteiger partial charge on any atom is 0.234 e. The number of fused-ring (bicyclic) bond motifs is 1. The molecule has 2 atom stereocenters. The third-order valence-corrected chi connectivity index (χ3v) is 8.42. The number of nitrogens with one attached hydrogen (secondary N) is 1. The number of carbonyl (C=O) groups is 1. The molecule has 2 aliphatic heterocycles. The second-order valence-corrected chi connectivity index (χ2v) is 11.3. The van der Waals surface area contributed by atoms with Crippen molar-refractivity contribution in [3.8, 4) is 11.5 Å². The molecule has 1 saturated heterocycles. The topological polar surface area (TPSA) is 97.3 Å². The predicted octanol–water partition coefficient (Wildman–Crippen LogP) is 3.03. The van der Waals surface area contributed by atoms with Crippen molar-refractivity contribution in [3.63, 3.8) is 0 Å². The molecule has 0 unspecified atom stereocenters. The summed E-state index contributed by atoms with van der Waals surface area (Å²) in [7, 11) is -0.0647. The molecule has 0 radical (unpaired) electrons. The molecule has 1 N–H and O–H groups in total. The molecule has 4 rings (SSSR count). The van der Waals surface area contributed by atoms with Gasteiger partial charge in [-0.1, -0.05) is 23.9 Å². The number of hydrogen-bond acceptors (Lipinski definition) is 8. The van der Waals surface area contributed by atoms with Crippen LogP contribution in [0.3, 0.4) is 0 Å². The Bertz CT molecular complexity index is 1210. The number of anilines is 2. The van der Waals surface area contributed by atoms with Crippen LogP contribution in [0.5, 0.6) is 11.5 Å². The van der Waals surface area contributed by atoms with E-state index in [4.69, 9.17) is 14.5 Å². The minimum absolute atomic E-state index is 0.000272. The van der Waals surface area contributed by atoms with E-state index >= 15 is 0 Å². The van der Waals surface area contributed by atoms with Crippen molar-refractivity contribution in [1.82, 2.24) is 0 Å². The van der Waals surface area contributed by atoms with Crippen LogP contribution in [0.25, 0.3) is 0 Å². The molecule has 33 heavy (non-hydrogen) atoms. The highest BCUT2D eigenvalue weighted by Crippen LogP contribution is 2.41. The van der Waals surface area contributed by atoms with Gasteiger partial charge in [-0.2, -0.15) is 0 Å². The van der Waals surface area contributed by atoms with Gasteiger partial charge in [0, 0.05) is 11.8 Å². The predicted molar refractivity (Wildman–Crippen MR) is 133 cm³/mol. The van der Waals surface area contributed by atoms with E-state index in [1.54, 1.807) is 32.4 Å². The third kappa shape index (κ3) is 4.96. The first kappa shape index (κ1) is 23.4. The Balaban J connectivity index is 1.58. The molecule has 2 aromatic carbocycles. The van der Waals surface area contributed by atoms with Crippen LogP contribution < -0.4 is 19.7 Å². The number of thioether (sulfide) groups is 1. The molecule has 1 fully saturated rings. The summed E-state index contributed by atoms with van der Waals surface area (Å²) in [6.07, 6.45) is 0. The van der Waals surface area contributed by atoms with Gasteiger partial charge in [-0.3, -0.25) is 9.79 Å². The number of methoxy groups -OCH3 is 2. The highest BCUT2D eigenvalue weighted by atomic mass is 32.2. The molecule has 8 nitrogen and oxygen atoms in total. The number of amidine groups is 1. The lowest BCUT2D eigenvalue weighted by molar-refractivity contribution is -0.113. The van der Waals surface area contributed by atoms with Crippen LogP contribution >= 0.6 is 11.8 Å². The fraction of sp³-hybridized carbons (Fsp3) is 0.391. The Labute approximate surface area is 198 Å². The minimum Gasteiger partial charge on any atom is -0.497 e. The normalized spacial score (nSPS) is 20.8. The fourth-order valence-corrected chi connectivity index (χ4v) is 6.85. The first-order chi connectivity index (χ1) is 15.7. The van der Waals surface area contributed by atoms with E-state index in [0.29, 0.717) is 22.4 Å². The van der Waals surface area contributed by atoms with Crippen LogP contribution in [0.2, 0.25) is 0 Å². The maximum absolute atomic E-state index is 12.7.